The molecule has 0 spiro atoms. The molecule has 1 saturated carbocycles. The smallest absolute Gasteiger partial charge is 0.291 e. The van der Waals surface area contributed by atoms with Crippen molar-refractivity contribution in [2.24, 2.45) is 0 Å². The molecule has 0 aromatic carbocycles. The summed E-state index contributed by atoms with van der Waals surface area (Å²) >= 11 is 0.705. The highest BCUT2D eigenvalue weighted by Gasteiger charge is 2.41. The number of anilines is 1. The maximum Gasteiger partial charge on any atom is 0.291 e. The molecule has 0 unspecified atom stereocenters. The molecule has 3 aromatic heterocycles. The number of aliphatic hydroxyl groups excluding tert-OH is 1. The molecule has 0 radical (unpaired) electrons. The fraction of sp³-hybridized carbons (Fsp3) is 0.550. The third-order valence-corrected chi connectivity index (χ3v) is 8.51. The number of nitrogens with zero attached hydrogens (tertiary/aromatic N) is 5. The Morgan fingerprint density at radius 3 is 2.76 bits per heavy atom. The van der Waals surface area contributed by atoms with Gasteiger partial charge in [-0.2, -0.15) is 0 Å². The molecule has 1 aliphatic carbocycles. The average molecular weight is 515 g/mol. The van der Waals surface area contributed by atoms with Crippen LogP contribution in [0.4, 0.5) is 14.5 Å². The SMILES string of the molecule is C[C@@H]1CN(c2cc(S(=O)(=O)NC3(C)CC3)cn3c(-c4nnc(C(F)F)s4)ncc23)C[C@@H](CO)O1. The molecule has 10 nitrogen and oxygen atoms in total. The van der Waals surface area contributed by atoms with Crippen molar-refractivity contribution in [2.75, 3.05) is 24.6 Å². The predicted molar refractivity (Wildman–Crippen MR) is 121 cm³/mol. The molecule has 5 rings (SSSR count). The first-order valence-electron chi connectivity index (χ1n) is 10.8. The second kappa shape index (κ2) is 8.45. The summed E-state index contributed by atoms with van der Waals surface area (Å²) in [5.41, 5.74) is 0.674. The van der Waals surface area contributed by atoms with Gasteiger partial charge in [0.25, 0.3) is 6.43 Å². The van der Waals surface area contributed by atoms with Gasteiger partial charge in [-0.3, -0.25) is 4.40 Å². The monoisotopic (exact) mass is 514 g/mol. The van der Waals surface area contributed by atoms with Crippen LogP contribution >= 0.6 is 11.3 Å². The Balaban J connectivity index is 1.66. The fourth-order valence-electron chi connectivity index (χ4n) is 4.04. The molecule has 2 atom stereocenters. The van der Waals surface area contributed by atoms with Crippen LogP contribution in [-0.4, -0.2) is 70.5 Å². The molecule has 3 aromatic rings. The van der Waals surface area contributed by atoms with Crippen LogP contribution in [0, 0.1) is 0 Å². The van der Waals surface area contributed by atoms with Crippen molar-refractivity contribution < 1.29 is 27.0 Å². The van der Waals surface area contributed by atoms with Crippen molar-refractivity contribution >= 4 is 32.6 Å². The van der Waals surface area contributed by atoms with E-state index in [9.17, 15) is 22.3 Å². The van der Waals surface area contributed by atoms with Gasteiger partial charge in [0.1, 0.15) is 4.90 Å². The van der Waals surface area contributed by atoms with E-state index in [1.165, 1.54) is 6.20 Å². The fourth-order valence-corrected chi connectivity index (χ4v) is 6.22. The van der Waals surface area contributed by atoms with E-state index in [4.69, 9.17) is 4.74 Å². The highest BCUT2D eigenvalue weighted by atomic mass is 32.2. The average Bonchev–Trinajstić information content (AvgIpc) is 3.18. The van der Waals surface area contributed by atoms with E-state index in [1.54, 1.807) is 16.7 Å². The lowest BCUT2D eigenvalue weighted by Gasteiger charge is -2.38. The summed E-state index contributed by atoms with van der Waals surface area (Å²) in [7, 11) is -3.88. The number of hydrogen-bond donors (Lipinski definition) is 2. The highest BCUT2D eigenvalue weighted by molar-refractivity contribution is 7.89. The minimum absolute atomic E-state index is 0.0145. The van der Waals surface area contributed by atoms with Gasteiger partial charge >= 0.3 is 0 Å². The van der Waals surface area contributed by atoms with Crippen LogP contribution in [0.1, 0.15) is 38.1 Å². The van der Waals surface area contributed by atoms with Gasteiger partial charge in [-0.1, -0.05) is 11.3 Å². The van der Waals surface area contributed by atoms with Crippen LogP contribution in [0.25, 0.3) is 16.3 Å². The number of hydrogen-bond acceptors (Lipinski definition) is 9. The summed E-state index contributed by atoms with van der Waals surface area (Å²) in [5.74, 6) is 0.218. The number of halogens is 2. The number of rotatable bonds is 7. The van der Waals surface area contributed by atoms with E-state index in [0.29, 0.717) is 35.6 Å². The molecular weight excluding hydrogens is 490 g/mol. The number of imidazole rings is 1. The summed E-state index contributed by atoms with van der Waals surface area (Å²) in [4.78, 5) is 6.32. The Hall–Kier alpha value is -2.26. The van der Waals surface area contributed by atoms with Gasteiger partial charge in [0, 0.05) is 24.8 Å². The van der Waals surface area contributed by atoms with E-state index in [2.05, 4.69) is 19.9 Å². The second-order valence-corrected chi connectivity index (χ2v) is 11.7. The van der Waals surface area contributed by atoms with E-state index in [1.807, 2.05) is 18.7 Å². The molecule has 1 saturated heterocycles. The number of alkyl halides is 2. The van der Waals surface area contributed by atoms with Crippen molar-refractivity contribution in [3.05, 3.63) is 23.5 Å². The largest absolute Gasteiger partial charge is 0.394 e. The number of ether oxygens (including phenoxy) is 1. The Morgan fingerprint density at radius 2 is 2.12 bits per heavy atom. The molecule has 2 N–H and O–H groups in total. The zero-order valence-corrected chi connectivity index (χ0v) is 20.1. The zero-order chi connectivity index (χ0) is 24.3. The quantitative estimate of drug-likeness (QED) is 0.492. The summed E-state index contributed by atoms with van der Waals surface area (Å²) < 4.78 is 62.7. The molecule has 0 bridgehead atoms. The van der Waals surface area contributed by atoms with Gasteiger partial charge in [-0.25, -0.2) is 26.9 Å². The lowest BCUT2D eigenvalue weighted by atomic mass is 10.2. The Kier molecular flexibility index (Phi) is 5.83. The third-order valence-electron chi connectivity index (χ3n) is 5.97. The molecule has 184 valence electrons. The number of pyridine rings is 1. The van der Waals surface area contributed by atoms with E-state index in [-0.39, 0.29) is 28.4 Å². The summed E-state index contributed by atoms with van der Waals surface area (Å²) in [6.45, 7) is 4.35. The van der Waals surface area contributed by atoms with Crippen molar-refractivity contribution in [2.45, 2.75) is 55.8 Å². The molecule has 14 heteroatoms. The minimum Gasteiger partial charge on any atom is -0.394 e. The van der Waals surface area contributed by atoms with Crippen LogP contribution in [0.3, 0.4) is 0 Å². The van der Waals surface area contributed by atoms with Crippen LogP contribution < -0.4 is 9.62 Å². The van der Waals surface area contributed by atoms with Crippen LogP contribution in [0.15, 0.2) is 23.4 Å². The Bertz CT molecular complexity index is 1320. The molecule has 1 aliphatic heterocycles. The summed E-state index contributed by atoms with van der Waals surface area (Å²) in [6.07, 6.45) is 1.06. The number of morpholine rings is 1. The lowest BCUT2D eigenvalue weighted by Crippen LogP contribution is -2.48. The molecule has 34 heavy (non-hydrogen) atoms. The number of nitrogens with one attached hydrogen (secondary N) is 1. The first kappa shape index (κ1) is 23.5. The predicted octanol–water partition coefficient (Wildman–Crippen LogP) is 2.21. The van der Waals surface area contributed by atoms with E-state index in [0.717, 1.165) is 12.8 Å². The van der Waals surface area contributed by atoms with Crippen molar-refractivity contribution in [1.82, 2.24) is 24.3 Å². The number of aromatic nitrogens is 4. The van der Waals surface area contributed by atoms with Crippen LogP contribution in [-0.2, 0) is 14.8 Å². The van der Waals surface area contributed by atoms with Gasteiger partial charge < -0.3 is 14.7 Å². The van der Waals surface area contributed by atoms with Crippen molar-refractivity contribution in [3.63, 3.8) is 0 Å². The van der Waals surface area contributed by atoms with Crippen molar-refractivity contribution in [1.29, 1.82) is 0 Å². The molecule has 2 aliphatic rings. The first-order valence-corrected chi connectivity index (χ1v) is 13.1. The number of aliphatic hydroxyl groups is 1. The molecular formula is C20H24F2N6O4S2. The van der Waals surface area contributed by atoms with Gasteiger partial charge in [0.2, 0.25) is 10.0 Å². The second-order valence-electron chi connectivity index (χ2n) is 8.97. The van der Waals surface area contributed by atoms with Gasteiger partial charge in [0.05, 0.1) is 36.2 Å². The lowest BCUT2D eigenvalue weighted by molar-refractivity contribution is -0.0420. The van der Waals surface area contributed by atoms with Crippen molar-refractivity contribution in [3.8, 4) is 10.8 Å². The molecule has 0 amide bonds. The standard InChI is InChI=1S/C20H24F2N6O4S2/c1-11-7-27(8-12(10-29)32-11)14-5-13(34(30,31)26-20(2)3-4-20)9-28-15(14)6-23-17(28)19-25-24-18(33-19)16(21)22/h5-6,9,11-12,16,26,29H,3-4,7-8,10H2,1-2H3/t11-,12+/m1/s1. The maximum atomic E-state index is 13.3. The summed E-state index contributed by atoms with van der Waals surface area (Å²) in [5, 5.41) is 16.7. The molecule has 4 heterocycles. The summed E-state index contributed by atoms with van der Waals surface area (Å²) in [6, 6.07) is 1.58. The third kappa shape index (κ3) is 4.40. The van der Waals surface area contributed by atoms with Crippen LogP contribution in [0.5, 0.6) is 0 Å². The van der Waals surface area contributed by atoms with Gasteiger partial charge in [0.15, 0.2) is 15.8 Å². The van der Waals surface area contributed by atoms with Crippen LogP contribution in [0.2, 0.25) is 0 Å². The van der Waals surface area contributed by atoms with Gasteiger partial charge in [-0.15, -0.1) is 10.2 Å². The topological polar surface area (TPSA) is 122 Å². The minimum atomic E-state index is -3.88. The Labute approximate surface area is 198 Å². The zero-order valence-electron chi connectivity index (χ0n) is 18.5. The number of fused-ring (bicyclic) bond motifs is 1. The van der Waals surface area contributed by atoms with E-state index < -0.39 is 33.1 Å². The normalized spacial score (nSPS) is 22.6. The molecule has 2 fully saturated rings. The van der Waals surface area contributed by atoms with E-state index >= 15 is 0 Å². The highest BCUT2D eigenvalue weighted by Crippen LogP contribution is 2.38. The Morgan fingerprint density at radius 1 is 1.35 bits per heavy atom. The first-order chi connectivity index (χ1) is 16.1. The maximum absolute atomic E-state index is 13.3. The van der Waals surface area contributed by atoms with Gasteiger partial charge in [-0.05, 0) is 32.8 Å². The number of sulfonamides is 1.